The molecule has 1 saturated heterocycles. The second-order valence-electron chi connectivity index (χ2n) is 4.33. The zero-order valence-electron chi connectivity index (χ0n) is 10.6. The first-order chi connectivity index (χ1) is 7.68. The van der Waals surface area contributed by atoms with E-state index in [0.717, 1.165) is 31.1 Å². The lowest BCUT2D eigenvalue weighted by Crippen LogP contribution is -2.11. The van der Waals surface area contributed by atoms with Crippen LogP contribution in [0.4, 0.5) is 0 Å². The van der Waals surface area contributed by atoms with E-state index in [1.54, 1.807) is 0 Å². The zero-order valence-corrected chi connectivity index (χ0v) is 10.6. The van der Waals surface area contributed by atoms with E-state index in [4.69, 9.17) is 4.74 Å². The van der Waals surface area contributed by atoms with Gasteiger partial charge in [0, 0.05) is 25.5 Å². The number of hydrogen-bond acceptors (Lipinski definition) is 3. The summed E-state index contributed by atoms with van der Waals surface area (Å²) >= 11 is 0. The fourth-order valence-corrected chi connectivity index (χ4v) is 1.52. The van der Waals surface area contributed by atoms with Gasteiger partial charge in [-0.05, 0) is 46.0 Å². The van der Waals surface area contributed by atoms with E-state index in [1.165, 1.54) is 12.8 Å². The Labute approximate surface area is 98.4 Å². The lowest BCUT2D eigenvalue weighted by Gasteiger charge is -2.08. The minimum atomic E-state index is 0.918. The maximum Gasteiger partial charge on any atom is 0.0546 e. The quantitative estimate of drug-likeness (QED) is 0.767. The maximum absolute atomic E-state index is 4.94. The minimum Gasteiger partial charge on any atom is -0.381 e. The van der Waals surface area contributed by atoms with Crippen molar-refractivity contribution in [2.24, 2.45) is 0 Å². The van der Waals surface area contributed by atoms with Crippen molar-refractivity contribution in [2.45, 2.75) is 26.3 Å². The number of nitrogens with zero attached hydrogens (tertiary/aromatic N) is 2. The van der Waals surface area contributed by atoms with Crippen LogP contribution in [0.15, 0.2) is 18.2 Å². The van der Waals surface area contributed by atoms with Crippen molar-refractivity contribution in [3.8, 4) is 0 Å². The molecule has 0 atom stereocenters. The molecule has 3 nitrogen and oxygen atoms in total. The molecule has 0 saturated carbocycles. The van der Waals surface area contributed by atoms with Gasteiger partial charge in [-0.3, -0.25) is 4.98 Å². The van der Waals surface area contributed by atoms with Crippen LogP contribution in [0, 0.1) is 6.92 Å². The molecule has 2 heterocycles. The van der Waals surface area contributed by atoms with Gasteiger partial charge in [0.25, 0.3) is 0 Å². The van der Waals surface area contributed by atoms with Crippen LogP contribution in [0.25, 0.3) is 0 Å². The minimum absolute atomic E-state index is 0.918. The van der Waals surface area contributed by atoms with E-state index in [2.05, 4.69) is 9.88 Å². The first-order valence-corrected chi connectivity index (χ1v) is 5.83. The highest BCUT2D eigenvalue weighted by Crippen LogP contribution is 1.99. The van der Waals surface area contributed by atoms with Gasteiger partial charge in [-0.1, -0.05) is 6.07 Å². The highest BCUT2D eigenvalue weighted by molar-refractivity contribution is 5.09. The van der Waals surface area contributed by atoms with E-state index in [9.17, 15) is 0 Å². The Balaban J connectivity index is 0.000000212. The third kappa shape index (κ3) is 5.83. The van der Waals surface area contributed by atoms with Crippen LogP contribution < -0.4 is 0 Å². The SMILES string of the molecule is C1CCOC1.Cc1cccc(CN(C)C)n1. The standard InChI is InChI=1S/C9H14N2.C4H8O/c1-8-5-4-6-9(10-8)7-11(2)3;1-2-4-5-3-1/h4-6H,7H2,1-3H3;1-4H2. The second-order valence-corrected chi connectivity index (χ2v) is 4.33. The van der Waals surface area contributed by atoms with Crippen molar-refractivity contribution in [3.05, 3.63) is 29.6 Å². The van der Waals surface area contributed by atoms with Crippen molar-refractivity contribution in [1.29, 1.82) is 0 Å². The van der Waals surface area contributed by atoms with Gasteiger partial charge in [0.15, 0.2) is 0 Å². The summed E-state index contributed by atoms with van der Waals surface area (Å²) in [5.74, 6) is 0. The van der Waals surface area contributed by atoms with E-state index in [1.807, 2.05) is 39.2 Å². The molecule has 1 aromatic rings. The fraction of sp³-hybridized carbons (Fsp3) is 0.615. The Morgan fingerprint density at radius 2 is 1.94 bits per heavy atom. The average molecular weight is 222 g/mol. The molecule has 0 amide bonds. The molecule has 0 spiro atoms. The van der Waals surface area contributed by atoms with Crippen molar-refractivity contribution in [3.63, 3.8) is 0 Å². The summed E-state index contributed by atoms with van der Waals surface area (Å²) in [5, 5.41) is 0. The Morgan fingerprint density at radius 1 is 1.25 bits per heavy atom. The topological polar surface area (TPSA) is 25.4 Å². The van der Waals surface area contributed by atoms with Gasteiger partial charge in [-0.2, -0.15) is 0 Å². The van der Waals surface area contributed by atoms with Crippen LogP contribution in [-0.4, -0.2) is 37.2 Å². The fourth-order valence-electron chi connectivity index (χ4n) is 1.52. The number of aromatic nitrogens is 1. The predicted molar refractivity (Wildman–Crippen MR) is 66.4 cm³/mol. The highest BCUT2D eigenvalue weighted by atomic mass is 16.5. The molecule has 2 rings (SSSR count). The number of hydrogen-bond donors (Lipinski definition) is 0. The molecule has 16 heavy (non-hydrogen) atoms. The molecule has 1 aromatic heterocycles. The lowest BCUT2D eigenvalue weighted by molar-refractivity contribution is 0.198. The Kier molecular flexibility index (Phi) is 6.04. The van der Waals surface area contributed by atoms with Crippen LogP contribution in [0.3, 0.4) is 0 Å². The van der Waals surface area contributed by atoms with Crippen LogP contribution >= 0.6 is 0 Å². The first kappa shape index (κ1) is 13.1. The molecule has 3 heteroatoms. The van der Waals surface area contributed by atoms with Gasteiger partial charge in [0.1, 0.15) is 0 Å². The van der Waals surface area contributed by atoms with Gasteiger partial charge >= 0.3 is 0 Å². The van der Waals surface area contributed by atoms with Crippen molar-refractivity contribution < 1.29 is 4.74 Å². The summed E-state index contributed by atoms with van der Waals surface area (Å²) in [6, 6.07) is 6.10. The van der Waals surface area contributed by atoms with Crippen molar-refractivity contribution in [1.82, 2.24) is 9.88 Å². The average Bonchev–Trinajstić information content (AvgIpc) is 2.73. The molecule has 1 aliphatic rings. The van der Waals surface area contributed by atoms with E-state index >= 15 is 0 Å². The normalized spacial score (nSPS) is 14.8. The van der Waals surface area contributed by atoms with E-state index in [-0.39, 0.29) is 0 Å². The predicted octanol–water partition coefficient (Wildman–Crippen LogP) is 2.25. The van der Waals surface area contributed by atoms with Gasteiger partial charge < -0.3 is 9.64 Å². The number of pyridine rings is 1. The summed E-state index contributed by atoms with van der Waals surface area (Å²) in [4.78, 5) is 6.48. The van der Waals surface area contributed by atoms with Crippen molar-refractivity contribution >= 4 is 0 Å². The molecule has 1 fully saturated rings. The largest absolute Gasteiger partial charge is 0.381 e. The lowest BCUT2D eigenvalue weighted by atomic mass is 10.3. The number of ether oxygens (including phenoxy) is 1. The van der Waals surface area contributed by atoms with Gasteiger partial charge in [0.2, 0.25) is 0 Å². The molecule has 90 valence electrons. The monoisotopic (exact) mass is 222 g/mol. The van der Waals surface area contributed by atoms with E-state index in [0.29, 0.717) is 0 Å². The van der Waals surface area contributed by atoms with Crippen LogP contribution in [-0.2, 0) is 11.3 Å². The molecule has 0 aliphatic carbocycles. The molecule has 0 aromatic carbocycles. The van der Waals surface area contributed by atoms with Gasteiger partial charge in [0.05, 0.1) is 5.69 Å². The summed E-state index contributed by atoms with van der Waals surface area (Å²) in [5.41, 5.74) is 2.22. The summed E-state index contributed by atoms with van der Waals surface area (Å²) < 4.78 is 4.94. The van der Waals surface area contributed by atoms with Crippen molar-refractivity contribution in [2.75, 3.05) is 27.3 Å². The number of rotatable bonds is 2. The van der Waals surface area contributed by atoms with Gasteiger partial charge in [-0.25, -0.2) is 0 Å². The Bertz CT molecular complexity index is 288. The van der Waals surface area contributed by atoms with Crippen LogP contribution in [0.1, 0.15) is 24.2 Å². The second kappa shape index (κ2) is 7.36. The summed E-state index contributed by atoms with van der Waals surface area (Å²) in [7, 11) is 4.09. The molecular weight excluding hydrogens is 200 g/mol. The molecule has 0 radical (unpaired) electrons. The van der Waals surface area contributed by atoms with Gasteiger partial charge in [-0.15, -0.1) is 0 Å². The molecule has 0 bridgehead atoms. The summed E-state index contributed by atoms with van der Waals surface area (Å²) in [6.07, 6.45) is 2.56. The third-order valence-corrected chi connectivity index (χ3v) is 2.25. The maximum atomic E-state index is 4.94. The molecule has 0 N–H and O–H groups in total. The molecule has 1 aliphatic heterocycles. The summed E-state index contributed by atoms with van der Waals surface area (Å²) in [6.45, 7) is 4.93. The van der Waals surface area contributed by atoms with E-state index < -0.39 is 0 Å². The zero-order chi connectivity index (χ0) is 11.8. The molecular formula is C13H22N2O. The smallest absolute Gasteiger partial charge is 0.0546 e. The number of aryl methyl sites for hydroxylation is 1. The third-order valence-electron chi connectivity index (χ3n) is 2.25. The van der Waals surface area contributed by atoms with Crippen LogP contribution in [0.2, 0.25) is 0 Å². The Hall–Kier alpha value is -0.930. The molecule has 0 unspecified atom stereocenters. The first-order valence-electron chi connectivity index (χ1n) is 5.83. The Morgan fingerprint density at radius 3 is 2.38 bits per heavy atom. The van der Waals surface area contributed by atoms with Crippen LogP contribution in [0.5, 0.6) is 0 Å². The highest BCUT2D eigenvalue weighted by Gasteiger charge is 1.95.